The molecule has 21 heavy (non-hydrogen) atoms. The lowest BCUT2D eigenvalue weighted by atomic mass is 10.1. The number of nitrogens with zero attached hydrogens (tertiary/aromatic N) is 1. The Kier molecular flexibility index (Phi) is 5.16. The number of likely N-dealkylation sites (tertiary alicyclic amines) is 1. The van der Waals surface area contributed by atoms with Crippen molar-refractivity contribution in [1.29, 1.82) is 0 Å². The van der Waals surface area contributed by atoms with Gasteiger partial charge in [-0.1, -0.05) is 0 Å². The zero-order chi connectivity index (χ0) is 14.7. The second-order valence-corrected chi connectivity index (χ2v) is 7.54. The summed E-state index contributed by atoms with van der Waals surface area (Å²) in [7, 11) is 0. The number of hydrogen-bond donors (Lipinski definition) is 1. The van der Waals surface area contributed by atoms with Crippen molar-refractivity contribution in [3.8, 4) is 0 Å². The van der Waals surface area contributed by atoms with Gasteiger partial charge in [-0.15, -0.1) is 0 Å². The van der Waals surface area contributed by atoms with Crippen LogP contribution in [0.4, 0.5) is 0 Å². The van der Waals surface area contributed by atoms with Crippen LogP contribution in [0.5, 0.6) is 0 Å². The first-order valence-corrected chi connectivity index (χ1v) is 9.08. The molecule has 2 fully saturated rings. The molecule has 2 atom stereocenters. The molecule has 1 saturated carbocycles. The molecule has 2 bridgehead atoms. The summed E-state index contributed by atoms with van der Waals surface area (Å²) in [5.41, 5.74) is 0.757. The number of amides is 1. The Labute approximate surface area is 140 Å². The van der Waals surface area contributed by atoms with E-state index in [1.165, 1.54) is 38.8 Å². The minimum Gasteiger partial charge on any atom is -0.352 e. The number of rotatable bonds is 6. The summed E-state index contributed by atoms with van der Waals surface area (Å²) in [6.45, 7) is 3.31. The van der Waals surface area contributed by atoms with Crippen LogP contribution >= 0.6 is 22.6 Å². The molecule has 2 aliphatic rings. The van der Waals surface area contributed by atoms with E-state index in [2.05, 4.69) is 32.8 Å². The molecule has 1 saturated heterocycles. The molecule has 0 radical (unpaired) electrons. The predicted octanol–water partition coefficient (Wildman–Crippen LogP) is 3.29. The summed E-state index contributed by atoms with van der Waals surface area (Å²) >= 11 is 2.25. The first-order valence-electron chi connectivity index (χ1n) is 8.00. The van der Waals surface area contributed by atoms with Crippen LogP contribution < -0.4 is 5.32 Å². The van der Waals surface area contributed by atoms with Gasteiger partial charge in [0.15, 0.2) is 0 Å². The van der Waals surface area contributed by atoms with E-state index in [0.717, 1.165) is 34.1 Å². The van der Waals surface area contributed by atoms with Crippen LogP contribution in [0, 0.1) is 9.49 Å². The highest BCUT2D eigenvalue weighted by molar-refractivity contribution is 14.1. The molecule has 1 aliphatic carbocycles. The molecule has 1 aliphatic heterocycles. The third kappa shape index (κ3) is 3.97. The summed E-state index contributed by atoms with van der Waals surface area (Å²) < 4.78 is 1.16. The second kappa shape index (κ2) is 7.09. The van der Waals surface area contributed by atoms with Crippen molar-refractivity contribution in [2.24, 2.45) is 5.92 Å². The topological polar surface area (TPSA) is 32.3 Å². The number of fused-ring (bicyclic) bond motifs is 2. The van der Waals surface area contributed by atoms with Gasteiger partial charge in [0.25, 0.3) is 5.91 Å². The lowest BCUT2D eigenvalue weighted by Gasteiger charge is -2.26. The highest BCUT2D eigenvalue weighted by Gasteiger charge is 2.36. The van der Waals surface area contributed by atoms with Gasteiger partial charge >= 0.3 is 0 Å². The molecule has 1 N–H and O–H groups in total. The molecule has 3 nitrogen and oxygen atoms in total. The average molecular weight is 394 g/mol. The summed E-state index contributed by atoms with van der Waals surface area (Å²) in [5, 5.41) is 3.02. The van der Waals surface area contributed by atoms with E-state index in [9.17, 15) is 4.79 Å². The molecule has 3 rings (SSSR count). The standard InChI is InChI=1S/C17H23IN2O/c18-15-6-4-14(5-7-15)17(21)19-9-1-2-10-20-12-13-3-8-16(20)11-13/h4-7,13,16H,1-3,8-12H2,(H,19,21)/i18-4. The van der Waals surface area contributed by atoms with Gasteiger partial charge in [0.2, 0.25) is 0 Å². The van der Waals surface area contributed by atoms with Crippen LogP contribution in [-0.2, 0) is 0 Å². The quantitative estimate of drug-likeness (QED) is 0.593. The molecule has 1 amide bonds. The van der Waals surface area contributed by atoms with E-state index in [1.54, 1.807) is 0 Å². The number of hydrogen-bond acceptors (Lipinski definition) is 2. The fraction of sp³-hybridized carbons (Fsp3) is 0.588. The maximum Gasteiger partial charge on any atom is 0.251 e. The summed E-state index contributed by atoms with van der Waals surface area (Å²) in [6, 6.07) is 8.59. The summed E-state index contributed by atoms with van der Waals surface area (Å²) in [5.74, 6) is 1.03. The smallest absolute Gasteiger partial charge is 0.251 e. The molecule has 0 aromatic heterocycles. The van der Waals surface area contributed by atoms with Crippen molar-refractivity contribution in [1.82, 2.24) is 10.2 Å². The predicted molar refractivity (Wildman–Crippen MR) is 93.4 cm³/mol. The van der Waals surface area contributed by atoms with E-state index in [-0.39, 0.29) is 5.91 Å². The van der Waals surface area contributed by atoms with Crippen molar-refractivity contribution < 1.29 is 4.79 Å². The van der Waals surface area contributed by atoms with Gasteiger partial charge in [0.05, 0.1) is 0 Å². The maximum absolute atomic E-state index is 12.0. The van der Waals surface area contributed by atoms with Crippen molar-refractivity contribution in [2.45, 2.75) is 38.1 Å². The Morgan fingerprint density at radius 2 is 2.05 bits per heavy atom. The van der Waals surface area contributed by atoms with Gasteiger partial charge in [-0.25, -0.2) is 0 Å². The molecule has 1 heterocycles. The van der Waals surface area contributed by atoms with Crippen molar-refractivity contribution >= 4 is 28.5 Å². The van der Waals surface area contributed by atoms with Crippen molar-refractivity contribution in [2.75, 3.05) is 19.6 Å². The van der Waals surface area contributed by atoms with Crippen molar-refractivity contribution in [3.05, 3.63) is 33.4 Å². The van der Waals surface area contributed by atoms with E-state index in [0.29, 0.717) is 0 Å². The Morgan fingerprint density at radius 1 is 1.24 bits per heavy atom. The van der Waals surface area contributed by atoms with Crippen LogP contribution in [0.15, 0.2) is 24.3 Å². The molecular weight excluding hydrogens is 371 g/mol. The minimum atomic E-state index is 0.0478. The van der Waals surface area contributed by atoms with Gasteiger partial charge < -0.3 is 10.2 Å². The molecule has 0 spiro atoms. The SMILES string of the molecule is O=C(NCCCCN1CC2CCC1C2)c1ccc([123I])cc1. The van der Waals surface area contributed by atoms with Crippen LogP contribution in [0.3, 0.4) is 0 Å². The molecular formula is C17H23IN2O. The van der Waals surface area contributed by atoms with Crippen LogP contribution in [0.2, 0.25) is 0 Å². The number of halogens is 1. The highest BCUT2D eigenvalue weighted by Crippen LogP contribution is 2.37. The van der Waals surface area contributed by atoms with Gasteiger partial charge in [0.1, 0.15) is 0 Å². The third-order valence-electron chi connectivity index (χ3n) is 4.79. The zero-order valence-electron chi connectivity index (χ0n) is 12.4. The molecule has 2 unspecified atom stereocenters. The van der Waals surface area contributed by atoms with E-state index >= 15 is 0 Å². The minimum absolute atomic E-state index is 0.0478. The average Bonchev–Trinajstić information content (AvgIpc) is 3.10. The number of piperidine rings is 1. The van der Waals surface area contributed by atoms with Gasteiger partial charge in [-0.3, -0.25) is 4.79 Å². The van der Waals surface area contributed by atoms with E-state index in [1.807, 2.05) is 24.3 Å². The van der Waals surface area contributed by atoms with Crippen LogP contribution in [0.25, 0.3) is 0 Å². The number of carbonyl (C=O) groups is 1. The molecule has 1 aromatic carbocycles. The summed E-state index contributed by atoms with van der Waals surface area (Å²) in [4.78, 5) is 14.6. The maximum atomic E-state index is 12.0. The van der Waals surface area contributed by atoms with Gasteiger partial charge in [-0.2, -0.15) is 0 Å². The van der Waals surface area contributed by atoms with E-state index < -0.39 is 0 Å². The molecule has 1 aromatic rings. The molecule has 4 heteroatoms. The zero-order valence-corrected chi connectivity index (χ0v) is 14.5. The monoisotopic (exact) mass is 394 g/mol. The normalized spacial score (nSPS) is 24.4. The number of carbonyl (C=O) groups excluding carboxylic acids is 1. The number of unbranched alkanes of at least 4 members (excludes halogenated alkanes) is 1. The largest absolute Gasteiger partial charge is 0.352 e. The fourth-order valence-electron chi connectivity index (χ4n) is 3.65. The van der Waals surface area contributed by atoms with Gasteiger partial charge in [-0.05, 0) is 91.4 Å². The second-order valence-electron chi connectivity index (χ2n) is 6.30. The van der Waals surface area contributed by atoms with Crippen LogP contribution in [0.1, 0.15) is 42.5 Å². The van der Waals surface area contributed by atoms with E-state index in [4.69, 9.17) is 0 Å². The Morgan fingerprint density at radius 3 is 2.71 bits per heavy atom. The Balaban J connectivity index is 1.31. The van der Waals surface area contributed by atoms with Crippen LogP contribution in [-0.4, -0.2) is 36.5 Å². The highest BCUT2D eigenvalue weighted by atomic mass is 123. The number of benzene rings is 1. The molecule has 114 valence electrons. The third-order valence-corrected chi connectivity index (χ3v) is 5.51. The first-order chi connectivity index (χ1) is 10.2. The number of nitrogens with one attached hydrogen (secondary N) is 1. The summed E-state index contributed by atoms with van der Waals surface area (Å²) in [6.07, 6.45) is 6.56. The Hall–Kier alpha value is -0.620. The first kappa shape index (κ1) is 15.3. The Bertz CT molecular complexity index is 488. The fourth-order valence-corrected chi connectivity index (χ4v) is 4.01. The van der Waals surface area contributed by atoms with Gasteiger partial charge in [0, 0.05) is 28.3 Å². The lowest BCUT2D eigenvalue weighted by Crippen LogP contribution is -2.33. The van der Waals surface area contributed by atoms with Crippen molar-refractivity contribution in [3.63, 3.8) is 0 Å². The lowest BCUT2D eigenvalue weighted by molar-refractivity contribution is 0.0952.